The van der Waals surface area contributed by atoms with Gasteiger partial charge in [-0.3, -0.25) is 0 Å². The van der Waals surface area contributed by atoms with Crippen LogP contribution in [-0.2, 0) is 0 Å². The molecule has 1 rings (SSSR count). The van der Waals surface area contributed by atoms with E-state index in [2.05, 4.69) is 22.4 Å². The number of nitrogens with zero attached hydrogens (tertiary/aromatic N) is 1. The lowest BCUT2D eigenvalue weighted by Crippen LogP contribution is -1.79. The fourth-order valence-corrected chi connectivity index (χ4v) is 2.04. The SMILES string of the molecule is S=C=Nc1c(Cl)c(Cl)c(Cl)c(Cl)c1Cl. The molecule has 74 valence electrons. The molecule has 0 aliphatic carbocycles. The molecule has 0 radical (unpaired) electrons. The zero-order valence-corrected chi connectivity index (χ0v) is 10.8. The molecule has 0 amide bonds. The van der Waals surface area contributed by atoms with Crippen molar-refractivity contribution in [3.05, 3.63) is 25.1 Å². The van der Waals surface area contributed by atoms with Crippen LogP contribution in [0.2, 0.25) is 25.1 Å². The summed E-state index contributed by atoms with van der Waals surface area (Å²) in [5, 5.41) is 2.59. The molecule has 0 aliphatic rings. The van der Waals surface area contributed by atoms with Crippen molar-refractivity contribution in [2.45, 2.75) is 0 Å². The highest BCUT2D eigenvalue weighted by Gasteiger charge is 2.18. The van der Waals surface area contributed by atoms with Gasteiger partial charge in [0.15, 0.2) is 0 Å². The molecule has 1 aromatic carbocycles. The van der Waals surface area contributed by atoms with Gasteiger partial charge in [-0.1, -0.05) is 58.0 Å². The first-order valence-electron chi connectivity index (χ1n) is 3.10. The highest BCUT2D eigenvalue weighted by molar-refractivity contribution is 7.78. The number of rotatable bonds is 1. The second-order valence-electron chi connectivity index (χ2n) is 2.12. The van der Waals surface area contributed by atoms with E-state index in [4.69, 9.17) is 58.0 Å². The molecular formula is C7Cl5NS. The summed E-state index contributed by atoms with van der Waals surface area (Å²) in [6, 6.07) is 0. The highest BCUT2D eigenvalue weighted by Crippen LogP contribution is 2.47. The fraction of sp³-hybridized carbons (Fsp3) is 0. The summed E-state index contributed by atoms with van der Waals surface area (Å²) in [6.07, 6.45) is 0. The van der Waals surface area contributed by atoms with Crippen LogP contribution in [-0.4, -0.2) is 5.16 Å². The van der Waals surface area contributed by atoms with Crippen molar-refractivity contribution in [2.75, 3.05) is 0 Å². The molecule has 0 aromatic heterocycles. The van der Waals surface area contributed by atoms with Crippen LogP contribution in [0.5, 0.6) is 0 Å². The molecule has 0 aliphatic heterocycles. The van der Waals surface area contributed by atoms with Gasteiger partial charge in [-0.05, 0) is 12.2 Å². The Morgan fingerprint density at radius 3 is 1.50 bits per heavy atom. The number of thiocarbonyl (C=S) groups is 1. The maximum absolute atomic E-state index is 5.82. The maximum Gasteiger partial charge on any atom is 0.114 e. The van der Waals surface area contributed by atoms with Crippen molar-refractivity contribution in [3.63, 3.8) is 0 Å². The van der Waals surface area contributed by atoms with E-state index in [1.165, 1.54) is 0 Å². The van der Waals surface area contributed by atoms with Crippen molar-refractivity contribution in [1.82, 2.24) is 0 Å². The van der Waals surface area contributed by atoms with E-state index in [1.807, 2.05) is 0 Å². The normalized spacial score (nSPS) is 9.79. The van der Waals surface area contributed by atoms with Crippen LogP contribution in [0.15, 0.2) is 4.99 Å². The Balaban J connectivity index is 3.67. The highest BCUT2D eigenvalue weighted by atomic mass is 35.5. The largest absolute Gasteiger partial charge is 0.191 e. The third-order valence-electron chi connectivity index (χ3n) is 1.34. The van der Waals surface area contributed by atoms with Gasteiger partial charge in [0.2, 0.25) is 0 Å². The van der Waals surface area contributed by atoms with Gasteiger partial charge < -0.3 is 0 Å². The minimum atomic E-state index is 0.0895. The molecule has 0 fully saturated rings. The predicted molar refractivity (Wildman–Crippen MR) is 66.2 cm³/mol. The van der Waals surface area contributed by atoms with Gasteiger partial charge in [-0.15, -0.1) is 0 Å². The molecule has 0 atom stereocenters. The Hall–Kier alpha value is 0.470. The van der Waals surface area contributed by atoms with E-state index in [9.17, 15) is 0 Å². The number of halogens is 5. The smallest absolute Gasteiger partial charge is 0.114 e. The quantitative estimate of drug-likeness (QED) is 0.281. The predicted octanol–water partition coefficient (Wildman–Crippen LogP) is 5.69. The van der Waals surface area contributed by atoms with Gasteiger partial charge in [0, 0.05) is 0 Å². The van der Waals surface area contributed by atoms with E-state index in [1.54, 1.807) is 0 Å². The summed E-state index contributed by atoms with van der Waals surface area (Å²) >= 11 is 33.3. The minimum Gasteiger partial charge on any atom is -0.191 e. The van der Waals surface area contributed by atoms with E-state index in [-0.39, 0.29) is 30.8 Å². The summed E-state index contributed by atoms with van der Waals surface area (Å²) in [4.78, 5) is 3.64. The number of aliphatic imine (C=N–C) groups is 1. The molecule has 14 heavy (non-hydrogen) atoms. The molecule has 0 saturated carbocycles. The van der Waals surface area contributed by atoms with E-state index >= 15 is 0 Å². The summed E-state index contributed by atoms with van der Waals surface area (Å²) in [5.41, 5.74) is 0.169. The van der Waals surface area contributed by atoms with Crippen molar-refractivity contribution >= 4 is 81.1 Å². The van der Waals surface area contributed by atoms with Gasteiger partial charge in [0.1, 0.15) is 5.69 Å². The van der Waals surface area contributed by atoms with Crippen molar-refractivity contribution in [2.24, 2.45) is 4.99 Å². The number of benzene rings is 1. The average Bonchev–Trinajstić information content (AvgIpc) is 2.19. The van der Waals surface area contributed by atoms with E-state index < -0.39 is 0 Å². The molecule has 1 nitrogen and oxygen atoms in total. The van der Waals surface area contributed by atoms with E-state index in [0.717, 1.165) is 0 Å². The number of hydrogen-bond donors (Lipinski definition) is 0. The minimum absolute atomic E-state index is 0.0895. The Kier molecular flexibility index (Phi) is 4.48. The first-order valence-corrected chi connectivity index (χ1v) is 5.39. The van der Waals surface area contributed by atoms with Gasteiger partial charge in [0.25, 0.3) is 0 Å². The Morgan fingerprint density at radius 1 is 0.786 bits per heavy atom. The van der Waals surface area contributed by atoms with Gasteiger partial charge in [-0.25, -0.2) is 0 Å². The third-order valence-corrected chi connectivity index (χ3v) is 3.69. The first-order chi connectivity index (χ1) is 6.50. The molecule has 0 unspecified atom stereocenters. The zero-order chi connectivity index (χ0) is 10.9. The monoisotopic (exact) mass is 305 g/mol. The van der Waals surface area contributed by atoms with Crippen LogP contribution in [0.3, 0.4) is 0 Å². The molecule has 0 bridgehead atoms. The van der Waals surface area contributed by atoms with Crippen LogP contribution < -0.4 is 0 Å². The lowest BCUT2D eigenvalue weighted by atomic mass is 10.3. The van der Waals surface area contributed by atoms with Gasteiger partial charge >= 0.3 is 0 Å². The summed E-state index contributed by atoms with van der Waals surface area (Å²) in [6.45, 7) is 0. The summed E-state index contributed by atoms with van der Waals surface area (Å²) < 4.78 is 0. The Labute approximate surface area is 111 Å². The van der Waals surface area contributed by atoms with Crippen molar-refractivity contribution < 1.29 is 0 Å². The Morgan fingerprint density at radius 2 is 1.14 bits per heavy atom. The van der Waals surface area contributed by atoms with Gasteiger partial charge in [0.05, 0.1) is 30.3 Å². The molecule has 0 N–H and O–H groups in total. The maximum atomic E-state index is 5.82. The lowest BCUT2D eigenvalue weighted by Gasteiger charge is -2.07. The van der Waals surface area contributed by atoms with Crippen molar-refractivity contribution in [3.8, 4) is 0 Å². The second kappa shape index (κ2) is 5.00. The standard InChI is InChI=1S/C7Cl5NS/c8-2-3(9)5(11)7(13-1-14)6(12)4(2)10. The fourth-order valence-electron chi connectivity index (χ4n) is 0.737. The van der Waals surface area contributed by atoms with Crippen LogP contribution in [0.25, 0.3) is 0 Å². The van der Waals surface area contributed by atoms with Crippen LogP contribution in [0, 0.1) is 0 Å². The number of isothiocyanates is 1. The Bertz CT molecular complexity index is 409. The zero-order valence-electron chi connectivity index (χ0n) is 6.25. The van der Waals surface area contributed by atoms with Crippen molar-refractivity contribution in [1.29, 1.82) is 0 Å². The van der Waals surface area contributed by atoms with Crippen LogP contribution >= 0.6 is 70.2 Å². The first kappa shape index (κ1) is 12.5. The van der Waals surface area contributed by atoms with Crippen LogP contribution in [0.4, 0.5) is 5.69 Å². The topological polar surface area (TPSA) is 12.4 Å². The number of hydrogen-bond acceptors (Lipinski definition) is 2. The van der Waals surface area contributed by atoms with E-state index in [0.29, 0.717) is 0 Å². The molecular weight excluding hydrogens is 307 g/mol. The molecule has 0 spiro atoms. The summed E-state index contributed by atoms with van der Waals surface area (Å²) in [7, 11) is 0. The van der Waals surface area contributed by atoms with Crippen LogP contribution in [0.1, 0.15) is 0 Å². The second-order valence-corrected chi connectivity index (χ2v) is 4.19. The molecule has 0 heterocycles. The lowest BCUT2D eigenvalue weighted by molar-refractivity contribution is 1.55. The molecule has 0 saturated heterocycles. The van der Waals surface area contributed by atoms with Gasteiger partial charge in [-0.2, -0.15) is 4.99 Å². The molecule has 1 aromatic rings. The summed E-state index contributed by atoms with van der Waals surface area (Å²) in [5.74, 6) is 0. The average molecular weight is 307 g/mol. The third kappa shape index (κ3) is 2.17. The molecule has 7 heteroatoms.